The molecule has 0 bridgehead atoms. The second-order valence-electron chi connectivity index (χ2n) is 6.68. The van der Waals surface area contributed by atoms with Crippen molar-refractivity contribution >= 4 is 11.6 Å². The molecule has 1 aliphatic heterocycles. The zero-order valence-corrected chi connectivity index (χ0v) is 14.8. The lowest BCUT2D eigenvalue weighted by atomic mass is 10.1. The number of anilines is 1. The van der Waals surface area contributed by atoms with E-state index in [4.69, 9.17) is 4.42 Å². The SMILES string of the molecule is Cc1ccc(C(=O)NC[C@@H](c2ccco2)N2CCc3ccccc32)cc1. The Morgan fingerprint density at radius 2 is 1.92 bits per heavy atom. The Hall–Kier alpha value is -3.01. The second kappa shape index (κ2) is 7.08. The predicted octanol–water partition coefficient (Wildman–Crippen LogP) is 4.12. The van der Waals surface area contributed by atoms with E-state index in [0.717, 1.165) is 24.3 Å². The molecule has 2 aromatic carbocycles. The number of aryl methyl sites for hydroxylation is 1. The van der Waals surface area contributed by atoms with Crippen molar-refractivity contribution in [3.8, 4) is 0 Å². The molecule has 0 aliphatic carbocycles. The zero-order chi connectivity index (χ0) is 17.9. The van der Waals surface area contributed by atoms with E-state index in [9.17, 15) is 4.79 Å². The molecule has 1 atom stereocenters. The van der Waals surface area contributed by atoms with E-state index >= 15 is 0 Å². The molecule has 132 valence electrons. The van der Waals surface area contributed by atoms with Gasteiger partial charge >= 0.3 is 0 Å². The normalized spacial score (nSPS) is 14.1. The van der Waals surface area contributed by atoms with Crippen LogP contribution in [0.25, 0.3) is 0 Å². The van der Waals surface area contributed by atoms with E-state index in [1.807, 2.05) is 43.3 Å². The standard InChI is InChI=1S/C22H22N2O2/c1-16-8-10-18(11-9-16)22(25)23-15-20(21-7-4-14-26-21)24-13-12-17-5-2-3-6-19(17)24/h2-11,14,20H,12-13,15H2,1H3,(H,23,25)/t20-/m0/s1. The molecule has 4 heteroatoms. The first-order chi connectivity index (χ1) is 12.7. The number of nitrogens with zero attached hydrogens (tertiary/aromatic N) is 1. The van der Waals surface area contributed by atoms with Crippen LogP contribution in [0, 0.1) is 6.92 Å². The van der Waals surface area contributed by atoms with Gasteiger partial charge in [-0.25, -0.2) is 0 Å². The van der Waals surface area contributed by atoms with Crippen LogP contribution in [0.1, 0.15) is 33.3 Å². The van der Waals surface area contributed by atoms with Gasteiger partial charge in [0, 0.05) is 24.3 Å². The van der Waals surface area contributed by atoms with Gasteiger partial charge in [-0.05, 0) is 49.2 Å². The fraction of sp³-hybridized carbons (Fsp3) is 0.227. The fourth-order valence-electron chi connectivity index (χ4n) is 3.53. The summed E-state index contributed by atoms with van der Waals surface area (Å²) in [6, 6.07) is 19.9. The van der Waals surface area contributed by atoms with Crippen molar-refractivity contribution in [2.24, 2.45) is 0 Å². The topological polar surface area (TPSA) is 45.5 Å². The summed E-state index contributed by atoms with van der Waals surface area (Å²) in [5.41, 5.74) is 4.38. The summed E-state index contributed by atoms with van der Waals surface area (Å²) < 4.78 is 5.68. The Balaban J connectivity index is 1.54. The Bertz CT molecular complexity index is 885. The molecule has 2 heterocycles. The van der Waals surface area contributed by atoms with Crippen molar-refractivity contribution in [3.63, 3.8) is 0 Å². The number of amides is 1. The molecule has 26 heavy (non-hydrogen) atoms. The quantitative estimate of drug-likeness (QED) is 0.756. The molecule has 4 rings (SSSR count). The number of nitrogens with one attached hydrogen (secondary N) is 1. The highest BCUT2D eigenvalue weighted by Gasteiger charge is 2.29. The molecule has 1 amide bonds. The first-order valence-electron chi connectivity index (χ1n) is 8.95. The van der Waals surface area contributed by atoms with Gasteiger partial charge in [0.25, 0.3) is 5.91 Å². The van der Waals surface area contributed by atoms with E-state index in [-0.39, 0.29) is 11.9 Å². The number of fused-ring (bicyclic) bond motifs is 1. The van der Waals surface area contributed by atoms with E-state index < -0.39 is 0 Å². The molecule has 0 unspecified atom stereocenters. The number of carbonyl (C=O) groups is 1. The Labute approximate surface area is 153 Å². The van der Waals surface area contributed by atoms with Crippen molar-refractivity contribution in [1.82, 2.24) is 5.32 Å². The summed E-state index contributed by atoms with van der Waals surface area (Å²) in [6.45, 7) is 3.43. The Morgan fingerprint density at radius 3 is 2.69 bits per heavy atom. The average Bonchev–Trinajstić information content (AvgIpc) is 3.33. The first-order valence-corrected chi connectivity index (χ1v) is 8.95. The summed E-state index contributed by atoms with van der Waals surface area (Å²) in [5, 5.41) is 3.07. The number of para-hydroxylation sites is 1. The van der Waals surface area contributed by atoms with Crippen LogP contribution in [0.5, 0.6) is 0 Å². The highest BCUT2D eigenvalue weighted by molar-refractivity contribution is 5.94. The van der Waals surface area contributed by atoms with Gasteiger partial charge in [-0.1, -0.05) is 35.9 Å². The minimum absolute atomic E-state index is 0.0250. The van der Waals surface area contributed by atoms with Crippen molar-refractivity contribution < 1.29 is 9.21 Å². The molecule has 4 nitrogen and oxygen atoms in total. The molecule has 1 N–H and O–H groups in total. The third kappa shape index (κ3) is 3.23. The summed E-state index contributed by atoms with van der Waals surface area (Å²) in [4.78, 5) is 14.9. The Morgan fingerprint density at radius 1 is 1.12 bits per heavy atom. The van der Waals surface area contributed by atoms with Crippen LogP contribution >= 0.6 is 0 Å². The molecule has 3 aromatic rings. The van der Waals surface area contributed by atoms with Gasteiger partial charge < -0.3 is 14.6 Å². The number of furan rings is 1. The minimum atomic E-state index is -0.0611. The van der Waals surface area contributed by atoms with Gasteiger partial charge in [0.15, 0.2) is 0 Å². The van der Waals surface area contributed by atoms with Crippen LogP contribution in [0.2, 0.25) is 0 Å². The average molecular weight is 346 g/mol. The highest BCUT2D eigenvalue weighted by Crippen LogP contribution is 2.34. The van der Waals surface area contributed by atoms with Crippen LogP contribution in [-0.4, -0.2) is 19.0 Å². The maximum atomic E-state index is 12.5. The summed E-state index contributed by atoms with van der Waals surface area (Å²) >= 11 is 0. The molecule has 1 aliphatic rings. The van der Waals surface area contributed by atoms with E-state index in [2.05, 4.69) is 34.5 Å². The molecule has 1 aromatic heterocycles. The van der Waals surface area contributed by atoms with Gasteiger partial charge in [-0.3, -0.25) is 4.79 Å². The fourth-order valence-corrected chi connectivity index (χ4v) is 3.53. The van der Waals surface area contributed by atoms with Crippen molar-refractivity contribution in [2.45, 2.75) is 19.4 Å². The first kappa shape index (κ1) is 16.5. The monoisotopic (exact) mass is 346 g/mol. The van der Waals surface area contributed by atoms with Crippen molar-refractivity contribution in [1.29, 1.82) is 0 Å². The zero-order valence-electron chi connectivity index (χ0n) is 14.8. The molecule has 0 saturated carbocycles. The molecular formula is C22H22N2O2. The molecular weight excluding hydrogens is 324 g/mol. The van der Waals surface area contributed by atoms with E-state index in [1.165, 1.54) is 11.3 Å². The number of carbonyl (C=O) groups excluding carboxylic acids is 1. The number of hydrogen-bond donors (Lipinski definition) is 1. The van der Waals surface area contributed by atoms with Gasteiger partial charge in [0.2, 0.25) is 0 Å². The van der Waals surface area contributed by atoms with Crippen molar-refractivity contribution in [3.05, 3.63) is 89.4 Å². The van der Waals surface area contributed by atoms with Gasteiger partial charge in [-0.15, -0.1) is 0 Å². The van der Waals surface area contributed by atoms with Crippen molar-refractivity contribution in [2.75, 3.05) is 18.0 Å². The summed E-state index contributed by atoms with van der Waals surface area (Å²) in [6.07, 6.45) is 2.70. The third-order valence-electron chi connectivity index (χ3n) is 4.94. The van der Waals surface area contributed by atoms with Crippen LogP contribution < -0.4 is 10.2 Å². The number of benzene rings is 2. The van der Waals surface area contributed by atoms with Crippen LogP contribution in [-0.2, 0) is 6.42 Å². The Kier molecular flexibility index (Phi) is 4.48. The lowest BCUT2D eigenvalue weighted by Gasteiger charge is -2.29. The molecule has 0 saturated heterocycles. The van der Waals surface area contributed by atoms with Gasteiger partial charge in [0.05, 0.1) is 6.26 Å². The van der Waals surface area contributed by atoms with Gasteiger partial charge in [0.1, 0.15) is 11.8 Å². The minimum Gasteiger partial charge on any atom is -0.467 e. The summed E-state index contributed by atoms with van der Waals surface area (Å²) in [5.74, 6) is 0.806. The number of rotatable bonds is 5. The number of hydrogen-bond acceptors (Lipinski definition) is 3. The van der Waals surface area contributed by atoms with E-state index in [1.54, 1.807) is 6.26 Å². The largest absolute Gasteiger partial charge is 0.467 e. The maximum absolute atomic E-state index is 12.5. The van der Waals surface area contributed by atoms with Crippen LogP contribution in [0.4, 0.5) is 5.69 Å². The molecule has 0 spiro atoms. The molecule has 0 radical (unpaired) electrons. The lowest BCUT2D eigenvalue weighted by molar-refractivity contribution is 0.0950. The smallest absolute Gasteiger partial charge is 0.251 e. The van der Waals surface area contributed by atoms with E-state index in [0.29, 0.717) is 12.1 Å². The predicted molar refractivity (Wildman–Crippen MR) is 102 cm³/mol. The lowest BCUT2D eigenvalue weighted by Crippen LogP contribution is -2.37. The third-order valence-corrected chi connectivity index (χ3v) is 4.94. The maximum Gasteiger partial charge on any atom is 0.251 e. The van der Waals surface area contributed by atoms with Crippen LogP contribution in [0.3, 0.4) is 0 Å². The highest BCUT2D eigenvalue weighted by atomic mass is 16.3. The summed E-state index contributed by atoms with van der Waals surface area (Å²) in [7, 11) is 0. The second-order valence-corrected chi connectivity index (χ2v) is 6.68. The molecule has 0 fully saturated rings. The van der Waals surface area contributed by atoms with Crippen LogP contribution in [0.15, 0.2) is 71.3 Å². The van der Waals surface area contributed by atoms with Gasteiger partial charge in [-0.2, -0.15) is 0 Å².